The Morgan fingerprint density at radius 1 is 1.03 bits per heavy atom. The van der Waals surface area contributed by atoms with E-state index in [1.54, 1.807) is 18.3 Å². The van der Waals surface area contributed by atoms with E-state index in [0.717, 1.165) is 44.0 Å². The molecular formula is C27H30N6O2S. The monoisotopic (exact) mass is 502 g/mol. The van der Waals surface area contributed by atoms with Crippen LogP contribution in [0.2, 0.25) is 0 Å². The van der Waals surface area contributed by atoms with E-state index < -0.39 is 0 Å². The minimum atomic E-state index is -0.384. The molecule has 0 atom stereocenters. The molecule has 2 fully saturated rings. The topological polar surface area (TPSA) is 99.2 Å². The number of aromatic nitrogens is 2. The number of hydrogen-bond acceptors (Lipinski definition) is 8. The summed E-state index contributed by atoms with van der Waals surface area (Å²) >= 11 is 0.887. The van der Waals surface area contributed by atoms with Crippen molar-refractivity contribution >= 4 is 51.4 Å². The third-order valence-electron chi connectivity index (χ3n) is 6.71. The molecule has 0 unspecified atom stereocenters. The summed E-state index contributed by atoms with van der Waals surface area (Å²) in [5.74, 6) is 0.161. The molecule has 0 spiro atoms. The molecule has 1 saturated heterocycles. The maximum atomic E-state index is 11.8. The zero-order valence-corrected chi connectivity index (χ0v) is 21.3. The minimum absolute atomic E-state index is 0.303. The lowest BCUT2D eigenvalue weighted by Gasteiger charge is -2.30. The fourth-order valence-electron chi connectivity index (χ4n) is 4.85. The van der Waals surface area contributed by atoms with Crippen LogP contribution in [-0.4, -0.2) is 47.3 Å². The van der Waals surface area contributed by atoms with Gasteiger partial charge >= 0.3 is 0 Å². The largest absolute Gasteiger partial charge is 0.377 e. The Morgan fingerprint density at radius 2 is 1.78 bits per heavy atom. The molecule has 2 amide bonds. The van der Waals surface area contributed by atoms with Crippen LogP contribution in [0.15, 0.2) is 53.6 Å². The molecule has 3 aromatic rings. The Hall–Kier alpha value is -3.43. The normalized spacial score (nSPS) is 21.1. The molecule has 1 aliphatic heterocycles. The van der Waals surface area contributed by atoms with E-state index in [1.165, 1.54) is 22.0 Å². The van der Waals surface area contributed by atoms with Crippen LogP contribution in [-0.2, 0) is 11.3 Å². The number of benzene rings is 2. The number of anilines is 2. The van der Waals surface area contributed by atoms with Crippen molar-refractivity contribution in [3.63, 3.8) is 0 Å². The van der Waals surface area contributed by atoms with E-state index in [-0.39, 0.29) is 11.1 Å². The number of carbonyl (C=O) groups excluding carboxylic acids is 2. The Balaban J connectivity index is 1.15. The van der Waals surface area contributed by atoms with Crippen molar-refractivity contribution in [2.45, 2.75) is 44.3 Å². The summed E-state index contributed by atoms with van der Waals surface area (Å²) in [6.07, 6.45) is 7.49. The van der Waals surface area contributed by atoms with Crippen LogP contribution >= 0.6 is 11.8 Å². The maximum Gasteiger partial charge on any atom is 0.290 e. The lowest BCUT2D eigenvalue weighted by Crippen LogP contribution is -2.37. The average Bonchev–Trinajstić information content (AvgIpc) is 3.19. The predicted molar refractivity (Wildman–Crippen MR) is 146 cm³/mol. The van der Waals surface area contributed by atoms with E-state index >= 15 is 0 Å². The number of hydrogen-bond donors (Lipinski definition) is 3. The van der Waals surface area contributed by atoms with E-state index in [1.807, 2.05) is 0 Å². The van der Waals surface area contributed by atoms with Gasteiger partial charge < -0.3 is 15.5 Å². The smallest absolute Gasteiger partial charge is 0.290 e. The van der Waals surface area contributed by atoms with Crippen molar-refractivity contribution < 1.29 is 9.59 Å². The first-order valence-electron chi connectivity index (χ1n) is 12.2. The number of carbonyl (C=O) groups is 2. The number of fused-ring (bicyclic) bond motifs is 1. The van der Waals surface area contributed by atoms with Crippen LogP contribution in [0, 0.1) is 0 Å². The molecule has 1 saturated carbocycles. The van der Waals surface area contributed by atoms with E-state index in [4.69, 9.17) is 0 Å². The van der Waals surface area contributed by atoms with Gasteiger partial charge in [0, 0.05) is 50.0 Å². The molecule has 186 valence electrons. The van der Waals surface area contributed by atoms with Crippen LogP contribution in [0.1, 0.15) is 36.9 Å². The molecule has 5 rings (SSSR count). The molecule has 2 aliphatic rings. The van der Waals surface area contributed by atoms with Gasteiger partial charge in [-0.15, -0.1) is 0 Å². The first kappa shape index (κ1) is 24.3. The molecule has 9 heteroatoms. The summed E-state index contributed by atoms with van der Waals surface area (Å²) in [5.41, 5.74) is 3.16. The first-order chi connectivity index (χ1) is 17.5. The van der Waals surface area contributed by atoms with E-state index in [0.29, 0.717) is 28.6 Å². The Labute approximate surface area is 215 Å². The number of thioether (sulfide) groups is 1. The van der Waals surface area contributed by atoms with Crippen LogP contribution < -0.4 is 20.9 Å². The van der Waals surface area contributed by atoms with Crippen LogP contribution in [0.4, 0.5) is 16.4 Å². The summed E-state index contributed by atoms with van der Waals surface area (Å²) in [6, 6.07) is 15.6. The van der Waals surface area contributed by atoms with Crippen molar-refractivity contribution in [1.82, 2.24) is 20.6 Å². The van der Waals surface area contributed by atoms with Gasteiger partial charge in [0.1, 0.15) is 0 Å². The number of imide groups is 1. The van der Waals surface area contributed by atoms with Crippen molar-refractivity contribution in [1.29, 1.82) is 0 Å². The van der Waals surface area contributed by atoms with Gasteiger partial charge in [0.15, 0.2) is 0 Å². The lowest BCUT2D eigenvalue weighted by atomic mass is 9.91. The third kappa shape index (κ3) is 5.52. The fourth-order valence-corrected chi connectivity index (χ4v) is 5.51. The van der Waals surface area contributed by atoms with Gasteiger partial charge in [0.05, 0.1) is 10.6 Å². The Kier molecular flexibility index (Phi) is 7.20. The SMILES string of the molecule is CN(C)c1ccc(CNC2CCC(Nc3nccc(/C=C4\SC(=O)NC4=O)n3)CC2)c2ccccc12. The van der Waals surface area contributed by atoms with Gasteiger partial charge in [0.2, 0.25) is 5.95 Å². The second kappa shape index (κ2) is 10.7. The first-order valence-corrected chi connectivity index (χ1v) is 13.0. The highest BCUT2D eigenvalue weighted by molar-refractivity contribution is 8.18. The third-order valence-corrected chi connectivity index (χ3v) is 7.52. The predicted octanol–water partition coefficient (Wildman–Crippen LogP) is 4.53. The van der Waals surface area contributed by atoms with Crippen LogP contribution in [0.5, 0.6) is 0 Å². The summed E-state index contributed by atoms with van der Waals surface area (Å²) in [7, 11) is 4.17. The highest BCUT2D eigenvalue weighted by atomic mass is 32.2. The molecule has 3 N–H and O–H groups in total. The second-order valence-electron chi connectivity index (χ2n) is 9.41. The molecule has 8 nitrogen and oxygen atoms in total. The number of amides is 2. The van der Waals surface area contributed by atoms with Crippen molar-refractivity contribution in [3.8, 4) is 0 Å². The zero-order valence-electron chi connectivity index (χ0n) is 20.5. The van der Waals surface area contributed by atoms with Gasteiger partial charge in [0.25, 0.3) is 11.1 Å². The van der Waals surface area contributed by atoms with Crippen LogP contribution in [0.3, 0.4) is 0 Å². The zero-order chi connectivity index (χ0) is 25.1. The van der Waals surface area contributed by atoms with Gasteiger partial charge in [-0.1, -0.05) is 30.3 Å². The molecule has 36 heavy (non-hydrogen) atoms. The lowest BCUT2D eigenvalue weighted by molar-refractivity contribution is -0.115. The van der Waals surface area contributed by atoms with Gasteiger partial charge in [-0.05, 0) is 66.6 Å². The summed E-state index contributed by atoms with van der Waals surface area (Å²) in [6.45, 7) is 0.852. The Morgan fingerprint density at radius 3 is 2.50 bits per heavy atom. The van der Waals surface area contributed by atoms with Gasteiger partial charge in [-0.25, -0.2) is 9.97 Å². The summed E-state index contributed by atoms with van der Waals surface area (Å²) < 4.78 is 0. The molecule has 1 aliphatic carbocycles. The fraction of sp³-hybridized carbons (Fsp3) is 0.333. The molecule has 0 radical (unpaired) electrons. The van der Waals surface area contributed by atoms with Crippen LogP contribution in [0.25, 0.3) is 16.8 Å². The standard InChI is InChI=1S/C27H30N6O2S/c1-33(2)23-12-7-17(21-5-3-4-6-22(21)23)16-29-18-8-10-19(11-9-18)30-26-28-14-13-20(31-26)15-24-25(34)32-27(35)36-24/h3-7,12-15,18-19,29H,8-11,16H2,1-2H3,(H,28,30,31)(H,32,34,35)/b24-15-. The molecule has 0 bridgehead atoms. The van der Waals surface area contributed by atoms with Crippen molar-refractivity contribution in [2.24, 2.45) is 0 Å². The van der Waals surface area contributed by atoms with Crippen molar-refractivity contribution in [3.05, 3.63) is 64.8 Å². The Bertz CT molecular complexity index is 1320. The van der Waals surface area contributed by atoms with E-state index in [2.05, 4.69) is 81.3 Å². The van der Waals surface area contributed by atoms with Gasteiger partial charge in [-0.2, -0.15) is 0 Å². The molecule has 2 aromatic carbocycles. The number of rotatable bonds is 7. The highest BCUT2D eigenvalue weighted by Gasteiger charge is 2.25. The molecule has 2 heterocycles. The molecule has 1 aromatic heterocycles. The molecular weight excluding hydrogens is 472 g/mol. The second-order valence-corrected chi connectivity index (χ2v) is 10.4. The summed E-state index contributed by atoms with van der Waals surface area (Å²) in [5, 5.41) is 11.7. The van der Waals surface area contributed by atoms with Crippen molar-refractivity contribution in [2.75, 3.05) is 24.3 Å². The van der Waals surface area contributed by atoms with Gasteiger partial charge in [-0.3, -0.25) is 14.9 Å². The quantitative estimate of drug-likeness (QED) is 0.405. The highest BCUT2D eigenvalue weighted by Crippen LogP contribution is 2.29. The number of nitrogens with zero attached hydrogens (tertiary/aromatic N) is 3. The number of nitrogens with one attached hydrogen (secondary N) is 3. The van der Waals surface area contributed by atoms with E-state index in [9.17, 15) is 9.59 Å². The average molecular weight is 503 g/mol. The summed E-state index contributed by atoms with van der Waals surface area (Å²) in [4.78, 5) is 34.5. The minimum Gasteiger partial charge on any atom is -0.377 e. The maximum absolute atomic E-state index is 11.8.